The minimum Gasteiger partial charge on any atom is -0.479 e. The first-order valence-corrected chi connectivity index (χ1v) is 4.87. The molecule has 1 aromatic carbocycles. The number of rotatable bonds is 4. The number of benzene rings is 1. The quantitative estimate of drug-likeness (QED) is 0.730. The lowest BCUT2D eigenvalue weighted by molar-refractivity contribution is -0.149. The lowest BCUT2D eigenvalue weighted by atomic mass is 10.2. The van der Waals surface area contributed by atoms with Gasteiger partial charge in [-0.1, -0.05) is 0 Å². The summed E-state index contributed by atoms with van der Waals surface area (Å²) < 4.78 is 9.87. The van der Waals surface area contributed by atoms with E-state index in [4.69, 9.17) is 15.3 Å². The Labute approximate surface area is 98.8 Å². The lowest BCUT2D eigenvalue weighted by Gasteiger charge is -2.12. The van der Waals surface area contributed by atoms with Crippen LogP contribution >= 0.6 is 0 Å². The third kappa shape index (κ3) is 3.84. The van der Waals surface area contributed by atoms with Gasteiger partial charge in [0, 0.05) is 0 Å². The minimum absolute atomic E-state index is 0.292. The monoisotopic (exact) mass is 230 g/mol. The standard InChI is InChI=1S/C12H10N2O3/c1-9(12(15)16-7-6-13)17-11-4-2-10(8-14)3-5-11/h2-5,9H,7H2,1H3/t9-/m1/s1. The van der Waals surface area contributed by atoms with E-state index in [1.165, 1.54) is 6.92 Å². The van der Waals surface area contributed by atoms with Crippen LogP contribution in [0.2, 0.25) is 0 Å². The summed E-state index contributed by atoms with van der Waals surface area (Å²) in [6.45, 7) is 1.23. The molecule has 0 amide bonds. The van der Waals surface area contributed by atoms with Gasteiger partial charge in [-0.25, -0.2) is 4.79 Å². The van der Waals surface area contributed by atoms with Crippen molar-refractivity contribution < 1.29 is 14.3 Å². The summed E-state index contributed by atoms with van der Waals surface area (Å²) in [6, 6.07) is 10.0. The number of carbonyl (C=O) groups is 1. The van der Waals surface area contributed by atoms with E-state index in [2.05, 4.69) is 4.74 Å². The summed E-state index contributed by atoms with van der Waals surface area (Å²) in [4.78, 5) is 11.3. The maximum Gasteiger partial charge on any atom is 0.348 e. The molecule has 17 heavy (non-hydrogen) atoms. The van der Waals surface area contributed by atoms with Gasteiger partial charge in [0.1, 0.15) is 11.8 Å². The van der Waals surface area contributed by atoms with Crippen LogP contribution in [0.15, 0.2) is 24.3 Å². The average molecular weight is 230 g/mol. The van der Waals surface area contributed by atoms with Gasteiger partial charge in [-0.05, 0) is 31.2 Å². The second kappa shape index (κ2) is 6.14. The Morgan fingerprint density at radius 2 is 2.00 bits per heavy atom. The van der Waals surface area contributed by atoms with E-state index in [1.54, 1.807) is 30.3 Å². The molecule has 0 unspecified atom stereocenters. The first-order valence-electron chi connectivity index (χ1n) is 4.87. The number of nitriles is 2. The highest BCUT2D eigenvalue weighted by Gasteiger charge is 2.15. The number of carbonyl (C=O) groups excluding carboxylic acids is 1. The molecule has 1 atom stereocenters. The fourth-order valence-electron chi connectivity index (χ4n) is 1.08. The Morgan fingerprint density at radius 1 is 1.35 bits per heavy atom. The molecule has 0 radical (unpaired) electrons. The van der Waals surface area contributed by atoms with E-state index in [1.807, 2.05) is 6.07 Å². The van der Waals surface area contributed by atoms with Crippen LogP contribution in [-0.2, 0) is 9.53 Å². The molecule has 0 spiro atoms. The molecule has 0 saturated carbocycles. The molecule has 0 aromatic heterocycles. The smallest absolute Gasteiger partial charge is 0.348 e. The molecule has 0 heterocycles. The number of nitrogens with zero attached hydrogens (tertiary/aromatic N) is 2. The van der Waals surface area contributed by atoms with E-state index >= 15 is 0 Å². The molecular formula is C12H10N2O3. The molecule has 5 nitrogen and oxygen atoms in total. The van der Waals surface area contributed by atoms with Crippen LogP contribution in [-0.4, -0.2) is 18.7 Å². The minimum atomic E-state index is -0.795. The van der Waals surface area contributed by atoms with Gasteiger partial charge in [0.25, 0.3) is 0 Å². The van der Waals surface area contributed by atoms with Gasteiger partial charge in [-0.15, -0.1) is 0 Å². The second-order valence-electron chi connectivity index (χ2n) is 3.16. The molecular weight excluding hydrogens is 220 g/mol. The van der Waals surface area contributed by atoms with Gasteiger partial charge in [-0.3, -0.25) is 0 Å². The van der Waals surface area contributed by atoms with E-state index < -0.39 is 12.1 Å². The van der Waals surface area contributed by atoms with Crippen LogP contribution in [0.4, 0.5) is 0 Å². The van der Waals surface area contributed by atoms with Crippen molar-refractivity contribution in [3.63, 3.8) is 0 Å². The third-order valence-electron chi connectivity index (χ3n) is 1.91. The zero-order valence-corrected chi connectivity index (χ0v) is 9.21. The van der Waals surface area contributed by atoms with Gasteiger partial charge in [-0.2, -0.15) is 10.5 Å². The Kier molecular flexibility index (Phi) is 4.53. The molecule has 86 valence electrons. The van der Waals surface area contributed by atoms with Crippen molar-refractivity contribution in [3.05, 3.63) is 29.8 Å². The molecule has 0 N–H and O–H groups in total. The lowest BCUT2D eigenvalue weighted by Crippen LogP contribution is -2.26. The molecule has 0 aliphatic carbocycles. The van der Waals surface area contributed by atoms with Crippen LogP contribution in [0.5, 0.6) is 5.75 Å². The van der Waals surface area contributed by atoms with Gasteiger partial charge in [0.2, 0.25) is 0 Å². The maximum atomic E-state index is 11.3. The van der Waals surface area contributed by atoms with Crippen molar-refractivity contribution in [3.8, 4) is 17.9 Å². The Balaban J connectivity index is 2.56. The highest BCUT2D eigenvalue weighted by molar-refractivity contribution is 5.74. The largest absolute Gasteiger partial charge is 0.479 e. The zero-order valence-electron chi connectivity index (χ0n) is 9.21. The zero-order chi connectivity index (χ0) is 12.7. The summed E-state index contributed by atoms with van der Waals surface area (Å²) in [5.41, 5.74) is 0.511. The number of esters is 1. The van der Waals surface area contributed by atoms with Crippen molar-refractivity contribution >= 4 is 5.97 Å². The molecule has 0 saturated heterocycles. The van der Waals surface area contributed by atoms with Crippen LogP contribution in [0.25, 0.3) is 0 Å². The first-order chi connectivity index (χ1) is 8.17. The normalized spacial score (nSPS) is 10.8. The van der Waals surface area contributed by atoms with E-state index in [0.717, 1.165) is 0 Å². The summed E-state index contributed by atoms with van der Waals surface area (Å²) in [6.07, 6.45) is -0.795. The summed E-state index contributed by atoms with van der Waals surface area (Å²) >= 11 is 0. The highest BCUT2D eigenvalue weighted by Crippen LogP contribution is 2.13. The van der Waals surface area contributed by atoms with Crippen molar-refractivity contribution in [2.24, 2.45) is 0 Å². The molecule has 0 fully saturated rings. The number of ether oxygens (including phenoxy) is 2. The number of hydrogen-bond donors (Lipinski definition) is 0. The van der Waals surface area contributed by atoms with Gasteiger partial charge in [0.05, 0.1) is 11.6 Å². The van der Waals surface area contributed by atoms with Crippen LogP contribution in [0.3, 0.4) is 0 Å². The van der Waals surface area contributed by atoms with Gasteiger partial charge in [0.15, 0.2) is 12.7 Å². The average Bonchev–Trinajstić information content (AvgIpc) is 2.36. The summed E-state index contributed by atoms with van der Waals surface area (Å²) in [7, 11) is 0. The van der Waals surface area contributed by atoms with E-state index in [9.17, 15) is 4.79 Å². The second-order valence-corrected chi connectivity index (χ2v) is 3.16. The predicted molar refractivity (Wildman–Crippen MR) is 57.8 cm³/mol. The highest BCUT2D eigenvalue weighted by atomic mass is 16.6. The Hall–Kier alpha value is -2.53. The van der Waals surface area contributed by atoms with E-state index in [0.29, 0.717) is 11.3 Å². The SMILES string of the molecule is C[C@@H](Oc1ccc(C#N)cc1)C(=O)OCC#N. The van der Waals surface area contributed by atoms with Crippen LogP contribution in [0.1, 0.15) is 12.5 Å². The fourth-order valence-corrected chi connectivity index (χ4v) is 1.08. The molecule has 1 aromatic rings. The molecule has 5 heteroatoms. The Morgan fingerprint density at radius 3 is 2.53 bits per heavy atom. The fraction of sp³-hybridized carbons (Fsp3) is 0.250. The third-order valence-corrected chi connectivity index (χ3v) is 1.91. The molecule has 0 aliphatic rings. The Bertz CT molecular complexity index is 468. The number of hydrogen-bond acceptors (Lipinski definition) is 5. The van der Waals surface area contributed by atoms with Crippen LogP contribution in [0, 0.1) is 22.7 Å². The molecule has 0 aliphatic heterocycles. The van der Waals surface area contributed by atoms with Crippen molar-refractivity contribution in [1.82, 2.24) is 0 Å². The predicted octanol–water partition coefficient (Wildman–Crippen LogP) is 1.39. The summed E-state index contributed by atoms with van der Waals surface area (Å²) in [5.74, 6) is -0.138. The van der Waals surface area contributed by atoms with Crippen molar-refractivity contribution in [2.45, 2.75) is 13.0 Å². The van der Waals surface area contributed by atoms with Gasteiger partial charge >= 0.3 is 5.97 Å². The molecule has 1 rings (SSSR count). The first kappa shape index (κ1) is 12.5. The molecule has 0 bridgehead atoms. The van der Waals surface area contributed by atoms with Crippen molar-refractivity contribution in [1.29, 1.82) is 10.5 Å². The van der Waals surface area contributed by atoms with E-state index in [-0.39, 0.29) is 6.61 Å². The van der Waals surface area contributed by atoms with Gasteiger partial charge < -0.3 is 9.47 Å². The topological polar surface area (TPSA) is 83.1 Å². The summed E-state index contributed by atoms with van der Waals surface area (Å²) in [5, 5.41) is 16.8. The maximum absolute atomic E-state index is 11.3. The van der Waals surface area contributed by atoms with Crippen LogP contribution < -0.4 is 4.74 Å². The van der Waals surface area contributed by atoms with Crippen molar-refractivity contribution in [2.75, 3.05) is 6.61 Å².